The summed E-state index contributed by atoms with van der Waals surface area (Å²) in [5.41, 5.74) is 2.36. The highest BCUT2D eigenvalue weighted by Crippen LogP contribution is 2.28. The van der Waals surface area contributed by atoms with Crippen LogP contribution in [-0.2, 0) is 14.3 Å². The fourth-order valence-corrected chi connectivity index (χ4v) is 3.13. The van der Waals surface area contributed by atoms with E-state index < -0.39 is 6.10 Å². The summed E-state index contributed by atoms with van der Waals surface area (Å²) in [6, 6.07) is 20.4. The number of carbonyl (C=O) groups excluding carboxylic acids is 1. The Morgan fingerprint density at radius 1 is 1.00 bits per heavy atom. The molecule has 4 heteroatoms. The van der Waals surface area contributed by atoms with Crippen LogP contribution in [-0.4, -0.2) is 37.9 Å². The van der Waals surface area contributed by atoms with Gasteiger partial charge in [-0.3, -0.25) is 4.79 Å². The van der Waals surface area contributed by atoms with Gasteiger partial charge in [-0.15, -0.1) is 0 Å². The zero-order chi connectivity index (χ0) is 16.8. The largest absolute Gasteiger partial charge is 0.376 e. The second-order valence-electron chi connectivity index (χ2n) is 6.03. The minimum Gasteiger partial charge on any atom is -0.376 e. The van der Waals surface area contributed by atoms with Crippen LogP contribution >= 0.6 is 0 Å². The average molecular weight is 325 g/mol. The molecule has 0 bridgehead atoms. The summed E-state index contributed by atoms with van der Waals surface area (Å²) in [6.45, 7) is 3.37. The molecular weight excluding hydrogens is 302 g/mol. The number of carbonyl (C=O) groups is 1. The van der Waals surface area contributed by atoms with E-state index in [0.29, 0.717) is 19.8 Å². The van der Waals surface area contributed by atoms with Gasteiger partial charge in [0.1, 0.15) is 0 Å². The Morgan fingerprint density at radius 2 is 1.58 bits per heavy atom. The third-order valence-electron chi connectivity index (χ3n) is 4.30. The van der Waals surface area contributed by atoms with Crippen LogP contribution in [0.1, 0.15) is 24.0 Å². The molecule has 2 aromatic rings. The summed E-state index contributed by atoms with van der Waals surface area (Å²) >= 11 is 0. The van der Waals surface area contributed by atoms with Crippen molar-refractivity contribution in [3.8, 4) is 0 Å². The van der Waals surface area contributed by atoms with Crippen molar-refractivity contribution in [2.45, 2.75) is 25.0 Å². The molecule has 3 rings (SSSR count). The number of hydrogen-bond acceptors (Lipinski definition) is 3. The maximum Gasteiger partial charge on any atom is 0.251 e. The van der Waals surface area contributed by atoms with Crippen LogP contribution in [0.25, 0.3) is 0 Å². The summed E-state index contributed by atoms with van der Waals surface area (Å²) in [4.78, 5) is 12.5. The minimum atomic E-state index is -0.520. The van der Waals surface area contributed by atoms with E-state index >= 15 is 0 Å². The van der Waals surface area contributed by atoms with Gasteiger partial charge in [0.05, 0.1) is 19.8 Å². The molecule has 2 aromatic carbocycles. The first kappa shape index (κ1) is 16.7. The van der Waals surface area contributed by atoms with Gasteiger partial charge < -0.3 is 14.8 Å². The molecular formula is C20H23NO3. The number of benzene rings is 2. The highest BCUT2D eigenvalue weighted by molar-refractivity contribution is 5.81. The van der Waals surface area contributed by atoms with Crippen LogP contribution in [0.5, 0.6) is 0 Å². The van der Waals surface area contributed by atoms with Crippen molar-refractivity contribution >= 4 is 5.91 Å². The lowest BCUT2D eigenvalue weighted by atomic mass is 9.85. The molecule has 1 heterocycles. The number of rotatable bonds is 5. The zero-order valence-electron chi connectivity index (χ0n) is 13.9. The zero-order valence-corrected chi connectivity index (χ0v) is 13.9. The number of hydrogen-bond donors (Lipinski definition) is 1. The van der Waals surface area contributed by atoms with Crippen molar-refractivity contribution in [2.75, 3.05) is 19.8 Å². The predicted molar refractivity (Wildman–Crippen MR) is 92.9 cm³/mol. The van der Waals surface area contributed by atoms with Gasteiger partial charge in [-0.2, -0.15) is 0 Å². The van der Waals surface area contributed by atoms with E-state index in [9.17, 15) is 4.79 Å². The Hall–Kier alpha value is -2.17. The molecule has 0 spiro atoms. The van der Waals surface area contributed by atoms with Gasteiger partial charge >= 0.3 is 0 Å². The molecule has 1 N–H and O–H groups in total. The summed E-state index contributed by atoms with van der Waals surface area (Å²) in [6.07, 6.45) is -0.520. The highest BCUT2D eigenvalue weighted by atomic mass is 16.6. The van der Waals surface area contributed by atoms with Crippen molar-refractivity contribution in [3.05, 3.63) is 71.8 Å². The SMILES string of the molecule is C[C@@H](NC(=O)[C@@H]1COCCO1)C(c1ccccc1)c1ccccc1. The molecule has 0 saturated carbocycles. The molecule has 1 aliphatic rings. The van der Waals surface area contributed by atoms with E-state index in [1.165, 1.54) is 11.1 Å². The molecule has 0 radical (unpaired) electrons. The Kier molecular flexibility index (Phi) is 5.62. The van der Waals surface area contributed by atoms with E-state index in [2.05, 4.69) is 29.6 Å². The fraction of sp³-hybridized carbons (Fsp3) is 0.350. The molecule has 4 nitrogen and oxygen atoms in total. The summed E-state index contributed by atoms with van der Waals surface area (Å²) in [5.74, 6) is -0.0279. The van der Waals surface area contributed by atoms with Crippen molar-refractivity contribution in [1.29, 1.82) is 0 Å². The van der Waals surface area contributed by atoms with Crippen molar-refractivity contribution < 1.29 is 14.3 Å². The van der Waals surface area contributed by atoms with Gasteiger partial charge in [-0.1, -0.05) is 60.7 Å². The lowest BCUT2D eigenvalue weighted by Gasteiger charge is -2.29. The van der Waals surface area contributed by atoms with Gasteiger partial charge in [-0.25, -0.2) is 0 Å². The molecule has 1 aliphatic heterocycles. The number of nitrogens with one attached hydrogen (secondary N) is 1. The first-order valence-corrected chi connectivity index (χ1v) is 8.35. The van der Waals surface area contributed by atoms with Crippen molar-refractivity contribution in [2.24, 2.45) is 0 Å². The molecule has 1 saturated heterocycles. The average Bonchev–Trinajstić information content (AvgIpc) is 2.64. The lowest BCUT2D eigenvalue weighted by molar-refractivity contribution is -0.148. The summed E-state index contributed by atoms with van der Waals surface area (Å²) < 4.78 is 10.8. The van der Waals surface area contributed by atoms with E-state index in [0.717, 1.165) is 0 Å². The third kappa shape index (κ3) is 4.02. The predicted octanol–water partition coefficient (Wildman–Crippen LogP) is 2.74. The van der Waals surface area contributed by atoms with E-state index in [1.807, 2.05) is 43.3 Å². The fourth-order valence-electron chi connectivity index (χ4n) is 3.13. The van der Waals surface area contributed by atoms with E-state index in [4.69, 9.17) is 9.47 Å². The van der Waals surface area contributed by atoms with Gasteiger partial charge in [-0.05, 0) is 18.1 Å². The maximum absolute atomic E-state index is 12.5. The highest BCUT2D eigenvalue weighted by Gasteiger charge is 2.28. The molecule has 2 atom stereocenters. The topological polar surface area (TPSA) is 47.6 Å². The number of ether oxygens (including phenoxy) is 2. The van der Waals surface area contributed by atoms with E-state index in [1.54, 1.807) is 0 Å². The molecule has 0 unspecified atom stereocenters. The molecule has 1 fully saturated rings. The Morgan fingerprint density at radius 3 is 2.08 bits per heavy atom. The van der Waals surface area contributed by atoms with E-state index in [-0.39, 0.29) is 17.9 Å². The second-order valence-corrected chi connectivity index (χ2v) is 6.03. The summed E-state index contributed by atoms with van der Waals surface area (Å²) in [7, 11) is 0. The molecule has 24 heavy (non-hydrogen) atoms. The van der Waals surface area contributed by atoms with Gasteiger partial charge in [0.2, 0.25) is 0 Å². The normalized spacial score (nSPS) is 19.0. The quantitative estimate of drug-likeness (QED) is 0.919. The summed E-state index contributed by atoms with van der Waals surface area (Å²) in [5, 5.41) is 3.10. The Labute approximate surface area is 142 Å². The molecule has 0 aromatic heterocycles. The van der Waals surface area contributed by atoms with Crippen LogP contribution in [0.4, 0.5) is 0 Å². The van der Waals surface area contributed by atoms with Crippen LogP contribution in [0.2, 0.25) is 0 Å². The first-order chi connectivity index (χ1) is 11.8. The van der Waals surface area contributed by atoms with Crippen LogP contribution in [0.3, 0.4) is 0 Å². The van der Waals surface area contributed by atoms with Gasteiger partial charge in [0.15, 0.2) is 6.10 Å². The van der Waals surface area contributed by atoms with Crippen molar-refractivity contribution in [1.82, 2.24) is 5.32 Å². The Bertz CT molecular complexity index is 599. The maximum atomic E-state index is 12.5. The number of amides is 1. The first-order valence-electron chi connectivity index (χ1n) is 8.35. The minimum absolute atomic E-state index is 0.0622. The molecule has 1 amide bonds. The van der Waals surface area contributed by atoms with Gasteiger partial charge in [0, 0.05) is 12.0 Å². The van der Waals surface area contributed by atoms with Crippen molar-refractivity contribution in [3.63, 3.8) is 0 Å². The standard InChI is InChI=1S/C20H23NO3/c1-15(21-20(22)18-14-23-12-13-24-18)19(16-8-4-2-5-9-16)17-10-6-3-7-11-17/h2-11,15,18-19H,12-14H2,1H3,(H,21,22)/t15-,18+/m1/s1. The smallest absolute Gasteiger partial charge is 0.251 e. The van der Waals surface area contributed by atoms with Gasteiger partial charge in [0.25, 0.3) is 5.91 Å². The lowest BCUT2D eigenvalue weighted by Crippen LogP contribution is -2.47. The Balaban J connectivity index is 1.79. The molecule has 126 valence electrons. The second kappa shape index (κ2) is 8.08. The van der Waals surface area contributed by atoms with Crippen LogP contribution in [0, 0.1) is 0 Å². The van der Waals surface area contributed by atoms with Crippen LogP contribution < -0.4 is 5.32 Å². The van der Waals surface area contributed by atoms with Crippen LogP contribution in [0.15, 0.2) is 60.7 Å². The third-order valence-corrected chi connectivity index (χ3v) is 4.30. The molecule has 0 aliphatic carbocycles. The monoisotopic (exact) mass is 325 g/mol.